The number of hydrogen-bond acceptors (Lipinski definition) is 0. The molecule has 0 amide bonds. The average molecular weight is 124 g/mol. The lowest BCUT2D eigenvalue weighted by Crippen LogP contribution is -1.77. The number of nitrogens with one attached hydrogen (secondary N) is 1. The van der Waals surface area contributed by atoms with Crippen molar-refractivity contribution in [2.75, 3.05) is 6.54 Å². The Morgan fingerprint density at radius 3 is 2.44 bits per heavy atom. The maximum Gasteiger partial charge on any atom is 0.0134 e. The van der Waals surface area contributed by atoms with Crippen LogP contribution < -0.4 is 5.73 Å². The molecule has 0 saturated heterocycles. The maximum absolute atomic E-state index is 6.81. The maximum atomic E-state index is 6.81. The zero-order valence-electron chi connectivity index (χ0n) is 5.93. The van der Waals surface area contributed by atoms with E-state index in [1.54, 1.807) is 0 Å². The first-order chi connectivity index (χ1) is 4.41. The third-order valence-corrected chi connectivity index (χ3v) is 0.930. The van der Waals surface area contributed by atoms with Gasteiger partial charge in [0.2, 0.25) is 0 Å². The molecule has 1 N–H and O–H groups in total. The van der Waals surface area contributed by atoms with Crippen LogP contribution in [0.3, 0.4) is 0 Å². The fraction of sp³-hybridized carbons (Fsp3) is 0.500. The zero-order valence-corrected chi connectivity index (χ0v) is 5.93. The molecule has 0 aliphatic heterocycles. The highest BCUT2D eigenvalue weighted by molar-refractivity contribution is 5.01. The molecule has 0 aliphatic rings. The van der Waals surface area contributed by atoms with Gasteiger partial charge in [0, 0.05) is 6.54 Å². The highest BCUT2D eigenvalue weighted by Crippen LogP contribution is 1.83. The predicted molar refractivity (Wildman–Crippen MR) is 41.2 cm³/mol. The second kappa shape index (κ2) is 7.44. The molecule has 0 heterocycles. The first-order valence-electron chi connectivity index (χ1n) is 3.38. The van der Waals surface area contributed by atoms with E-state index in [1.807, 2.05) is 18.2 Å². The van der Waals surface area contributed by atoms with Crippen molar-refractivity contribution in [1.82, 2.24) is 5.73 Å². The van der Waals surface area contributed by atoms with Gasteiger partial charge in [0.05, 0.1) is 0 Å². The van der Waals surface area contributed by atoms with Gasteiger partial charge in [0.1, 0.15) is 0 Å². The van der Waals surface area contributed by atoms with Crippen LogP contribution in [0, 0.1) is 0 Å². The molecule has 0 fully saturated rings. The van der Waals surface area contributed by atoms with Crippen molar-refractivity contribution < 1.29 is 0 Å². The van der Waals surface area contributed by atoms with Gasteiger partial charge in [0.25, 0.3) is 0 Å². The third kappa shape index (κ3) is 7.44. The number of rotatable bonds is 4. The van der Waals surface area contributed by atoms with Gasteiger partial charge in [-0.2, -0.15) is 0 Å². The average Bonchev–Trinajstić information content (AvgIpc) is 1.89. The van der Waals surface area contributed by atoms with Crippen molar-refractivity contribution >= 4 is 0 Å². The molecule has 1 heteroatoms. The van der Waals surface area contributed by atoms with Gasteiger partial charge in [-0.1, -0.05) is 31.2 Å². The molecule has 1 radical (unpaired) electrons. The summed E-state index contributed by atoms with van der Waals surface area (Å²) in [4.78, 5) is 0. The van der Waals surface area contributed by atoms with Crippen LogP contribution in [0.25, 0.3) is 0 Å². The van der Waals surface area contributed by atoms with E-state index in [-0.39, 0.29) is 0 Å². The summed E-state index contributed by atoms with van der Waals surface area (Å²) < 4.78 is 0. The van der Waals surface area contributed by atoms with Crippen LogP contribution in [0.5, 0.6) is 0 Å². The minimum Gasteiger partial charge on any atom is -0.258 e. The quantitative estimate of drug-likeness (QED) is 0.513. The standard InChI is InChI=1S/C8H14N/c1-2-3-4-5-6-7-8-9/h3-6,9H,2,7-8H2,1H3. The molecule has 0 rings (SSSR count). The van der Waals surface area contributed by atoms with Crippen LogP contribution in [0.4, 0.5) is 0 Å². The Balaban J connectivity index is 3.13. The summed E-state index contributed by atoms with van der Waals surface area (Å²) in [6.45, 7) is 2.60. The lowest BCUT2D eigenvalue weighted by atomic mass is 10.3. The number of hydrogen-bond donors (Lipinski definition) is 0. The fourth-order valence-corrected chi connectivity index (χ4v) is 0.473. The van der Waals surface area contributed by atoms with Crippen molar-refractivity contribution in [2.45, 2.75) is 19.8 Å². The molecule has 0 spiro atoms. The Morgan fingerprint density at radius 2 is 1.89 bits per heavy atom. The van der Waals surface area contributed by atoms with E-state index in [0.717, 1.165) is 12.8 Å². The van der Waals surface area contributed by atoms with Crippen LogP contribution in [0.15, 0.2) is 24.3 Å². The summed E-state index contributed by atoms with van der Waals surface area (Å²) in [5, 5.41) is 0. The highest BCUT2D eigenvalue weighted by Gasteiger charge is 1.68. The molecular formula is C8H14N. The summed E-state index contributed by atoms with van der Waals surface area (Å²) in [6.07, 6.45) is 10.1. The Morgan fingerprint density at radius 1 is 1.22 bits per heavy atom. The van der Waals surface area contributed by atoms with Crippen molar-refractivity contribution in [3.63, 3.8) is 0 Å². The molecule has 0 aromatic carbocycles. The Hall–Kier alpha value is -0.560. The van der Waals surface area contributed by atoms with Crippen molar-refractivity contribution in [2.24, 2.45) is 0 Å². The first-order valence-corrected chi connectivity index (χ1v) is 3.38. The molecule has 0 saturated carbocycles. The SMILES string of the molecule is CCC=CC=CCC[NH]. The third-order valence-electron chi connectivity index (χ3n) is 0.930. The normalized spacial score (nSPS) is 11.8. The van der Waals surface area contributed by atoms with E-state index < -0.39 is 0 Å². The topological polar surface area (TPSA) is 23.8 Å². The Kier molecular flexibility index (Phi) is 6.98. The summed E-state index contributed by atoms with van der Waals surface area (Å²) in [5.41, 5.74) is 6.81. The number of allylic oxidation sites excluding steroid dienone is 3. The van der Waals surface area contributed by atoms with Gasteiger partial charge in [-0.05, 0) is 12.8 Å². The van der Waals surface area contributed by atoms with Crippen LogP contribution in [-0.2, 0) is 0 Å². The first kappa shape index (κ1) is 8.44. The Labute approximate surface area is 57.3 Å². The van der Waals surface area contributed by atoms with E-state index in [1.165, 1.54) is 0 Å². The predicted octanol–water partition coefficient (Wildman–Crippen LogP) is 2.18. The van der Waals surface area contributed by atoms with Gasteiger partial charge in [-0.15, -0.1) is 0 Å². The summed E-state index contributed by atoms with van der Waals surface area (Å²) in [6, 6.07) is 0. The molecule has 51 valence electrons. The molecule has 0 bridgehead atoms. The molecule has 0 aromatic heterocycles. The molecule has 0 aliphatic carbocycles. The van der Waals surface area contributed by atoms with Crippen LogP contribution in [0.1, 0.15) is 19.8 Å². The minimum absolute atomic E-state index is 0.496. The zero-order chi connectivity index (χ0) is 6.95. The Bertz CT molecular complexity index is 92.7. The smallest absolute Gasteiger partial charge is 0.0134 e. The van der Waals surface area contributed by atoms with Crippen molar-refractivity contribution in [1.29, 1.82) is 0 Å². The van der Waals surface area contributed by atoms with Crippen LogP contribution in [-0.4, -0.2) is 6.54 Å². The molecule has 9 heavy (non-hydrogen) atoms. The van der Waals surface area contributed by atoms with Crippen LogP contribution in [0.2, 0.25) is 0 Å². The lowest BCUT2D eigenvalue weighted by Gasteiger charge is -1.79. The fourth-order valence-electron chi connectivity index (χ4n) is 0.473. The van der Waals surface area contributed by atoms with E-state index in [0.29, 0.717) is 6.54 Å². The second-order valence-corrected chi connectivity index (χ2v) is 1.80. The second-order valence-electron chi connectivity index (χ2n) is 1.80. The van der Waals surface area contributed by atoms with E-state index in [2.05, 4.69) is 13.0 Å². The van der Waals surface area contributed by atoms with Gasteiger partial charge in [-0.25, -0.2) is 0 Å². The van der Waals surface area contributed by atoms with Gasteiger partial charge < -0.3 is 0 Å². The van der Waals surface area contributed by atoms with Gasteiger partial charge in [0.15, 0.2) is 0 Å². The molecule has 0 unspecified atom stereocenters. The van der Waals surface area contributed by atoms with E-state index in [9.17, 15) is 0 Å². The van der Waals surface area contributed by atoms with Crippen LogP contribution >= 0.6 is 0 Å². The van der Waals surface area contributed by atoms with E-state index in [4.69, 9.17) is 5.73 Å². The van der Waals surface area contributed by atoms with Crippen molar-refractivity contribution in [3.05, 3.63) is 24.3 Å². The van der Waals surface area contributed by atoms with Crippen molar-refractivity contribution in [3.8, 4) is 0 Å². The lowest BCUT2D eigenvalue weighted by molar-refractivity contribution is 0.976. The van der Waals surface area contributed by atoms with E-state index >= 15 is 0 Å². The summed E-state index contributed by atoms with van der Waals surface area (Å²) >= 11 is 0. The molecule has 1 nitrogen and oxygen atoms in total. The minimum atomic E-state index is 0.496. The summed E-state index contributed by atoms with van der Waals surface area (Å²) in [7, 11) is 0. The highest BCUT2D eigenvalue weighted by atomic mass is 14.5. The monoisotopic (exact) mass is 124 g/mol. The van der Waals surface area contributed by atoms with Gasteiger partial charge >= 0.3 is 0 Å². The largest absolute Gasteiger partial charge is 0.258 e. The molecular weight excluding hydrogens is 110 g/mol. The molecule has 0 atom stereocenters. The van der Waals surface area contributed by atoms with Gasteiger partial charge in [-0.3, -0.25) is 5.73 Å². The molecule has 0 aromatic rings. The summed E-state index contributed by atoms with van der Waals surface area (Å²) in [5.74, 6) is 0.